The second-order valence-electron chi connectivity index (χ2n) is 4.71. The number of carbonyl (C=O) groups is 2. The van der Waals surface area contributed by atoms with Crippen LogP contribution in [-0.2, 0) is 4.79 Å². The highest BCUT2D eigenvalue weighted by atomic mass is 32.2. The van der Waals surface area contributed by atoms with Gasteiger partial charge in [-0.3, -0.25) is 4.79 Å². The van der Waals surface area contributed by atoms with Gasteiger partial charge in [0.15, 0.2) is 5.17 Å². The van der Waals surface area contributed by atoms with Crippen molar-refractivity contribution in [3.05, 3.63) is 0 Å². The Balaban J connectivity index is 1.85. The van der Waals surface area contributed by atoms with Crippen LogP contribution in [0.15, 0.2) is 4.99 Å². The summed E-state index contributed by atoms with van der Waals surface area (Å²) in [7, 11) is 0. The number of thioether (sulfide) groups is 1. The zero-order valence-corrected chi connectivity index (χ0v) is 11.4. The summed E-state index contributed by atoms with van der Waals surface area (Å²) >= 11 is 1.34. The largest absolute Gasteiger partial charge is 0.343 e. The Labute approximate surface area is 111 Å². The van der Waals surface area contributed by atoms with Crippen molar-refractivity contribution >= 4 is 28.9 Å². The first-order chi connectivity index (χ1) is 8.69. The average molecular weight is 269 g/mol. The molecule has 0 bridgehead atoms. The molecule has 0 aromatic rings. The third-order valence-electron chi connectivity index (χ3n) is 3.28. The Morgan fingerprint density at radius 2 is 2.17 bits per heavy atom. The molecule has 5 nitrogen and oxygen atoms in total. The topological polar surface area (TPSA) is 70.6 Å². The van der Waals surface area contributed by atoms with Crippen LogP contribution in [0.2, 0.25) is 0 Å². The molecule has 1 atom stereocenters. The van der Waals surface area contributed by atoms with E-state index in [1.54, 1.807) is 0 Å². The third-order valence-corrected chi connectivity index (χ3v) is 4.53. The van der Waals surface area contributed by atoms with Gasteiger partial charge in [0.2, 0.25) is 5.91 Å². The molecule has 0 aromatic carbocycles. The fraction of sp³-hybridized carbons (Fsp3) is 0.750. The van der Waals surface area contributed by atoms with Crippen LogP contribution in [0.1, 0.15) is 45.4 Å². The van der Waals surface area contributed by atoms with Gasteiger partial charge in [-0.05, 0) is 19.3 Å². The van der Waals surface area contributed by atoms with E-state index in [1.807, 2.05) is 6.92 Å². The van der Waals surface area contributed by atoms with E-state index < -0.39 is 0 Å². The highest BCUT2D eigenvalue weighted by Gasteiger charge is 2.29. The van der Waals surface area contributed by atoms with E-state index in [2.05, 4.69) is 15.6 Å². The molecule has 6 heteroatoms. The van der Waals surface area contributed by atoms with Gasteiger partial charge in [-0.1, -0.05) is 37.9 Å². The maximum atomic E-state index is 11.7. The number of rotatable bonds is 2. The van der Waals surface area contributed by atoms with E-state index in [0.717, 1.165) is 19.3 Å². The van der Waals surface area contributed by atoms with Gasteiger partial charge in [-0.25, -0.2) is 4.79 Å². The number of hydrogen-bond donors (Lipinski definition) is 2. The lowest BCUT2D eigenvalue weighted by molar-refractivity contribution is -0.118. The first-order valence-corrected chi connectivity index (χ1v) is 7.43. The van der Waals surface area contributed by atoms with E-state index in [4.69, 9.17) is 0 Å². The van der Waals surface area contributed by atoms with Crippen LogP contribution in [-0.4, -0.2) is 28.4 Å². The standard InChI is InChI=1S/C12H19N3O2S/c1-2-9-10(16)14-12(18-9)15-11(17)13-8-6-4-3-5-7-8/h8-9H,2-7H2,1H3,(H2,13,14,15,16,17). The van der Waals surface area contributed by atoms with Crippen LogP contribution in [0.5, 0.6) is 0 Å². The lowest BCUT2D eigenvalue weighted by Gasteiger charge is -2.21. The van der Waals surface area contributed by atoms with Crippen LogP contribution in [0.3, 0.4) is 0 Å². The summed E-state index contributed by atoms with van der Waals surface area (Å²) in [4.78, 5) is 27.1. The second kappa shape index (κ2) is 6.22. The van der Waals surface area contributed by atoms with Crippen LogP contribution >= 0.6 is 11.8 Å². The molecular weight excluding hydrogens is 250 g/mol. The van der Waals surface area contributed by atoms with Gasteiger partial charge in [0.1, 0.15) is 0 Å². The van der Waals surface area contributed by atoms with Gasteiger partial charge in [0, 0.05) is 6.04 Å². The quantitative estimate of drug-likeness (QED) is 0.805. The number of aliphatic imine (C=N–C) groups is 1. The average Bonchev–Trinajstić information content (AvgIpc) is 2.70. The Bertz CT molecular complexity index is 364. The number of nitrogens with one attached hydrogen (secondary N) is 2. The lowest BCUT2D eigenvalue weighted by atomic mass is 9.96. The first kappa shape index (κ1) is 13.4. The Kier molecular flexibility index (Phi) is 4.63. The van der Waals surface area contributed by atoms with Crippen molar-refractivity contribution in [1.29, 1.82) is 0 Å². The van der Waals surface area contributed by atoms with Crippen molar-refractivity contribution in [3.63, 3.8) is 0 Å². The predicted octanol–water partition coefficient (Wildman–Crippen LogP) is 2.03. The maximum Gasteiger partial charge on any atom is 0.343 e. The molecule has 1 aliphatic heterocycles. The van der Waals surface area contributed by atoms with Gasteiger partial charge in [0.05, 0.1) is 5.25 Å². The molecule has 1 unspecified atom stereocenters. The van der Waals surface area contributed by atoms with Gasteiger partial charge in [-0.2, -0.15) is 4.99 Å². The lowest BCUT2D eigenvalue weighted by Crippen LogP contribution is -2.35. The number of urea groups is 1. The van der Waals surface area contributed by atoms with E-state index in [1.165, 1.54) is 31.0 Å². The molecule has 3 amide bonds. The molecule has 1 saturated heterocycles. The van der Waals surface area contributed by atoms with Crippen molar-refractivity contribution in [1.82, 2.24) is 10.6 Å². The van der Waals surface area contributed by atoms with E-state index in [-0.39, 0.29) is 23.2 Å². The summed E-state index contributed by atoms with van der Waals surface area (Å²) in [6, 6.07) is -0.0823. The number of carbonyl (C=O) groups excluding carboxylic acids is 2. The smallest absolute Gasteiger partial charge is 0.333 e. The van der Waals surface area contributed by atoms with Crippen molar-refractivity contribution in [2.45, 2.75) is 56.7 Å². The summed E-state index contributed by atoms with van der Waals surface area (Å²) in [5.74, 6) is -0.0493. The van der Waals surface area contributed by atoms with Gasteiger partial charge < -0.3 is 10.6 Å². The highest BCUT2D eigenvalue weighted by molar-refractivity contribution is 8.15. The minimum absolute atomic E-state index is 0.0493. The van der Waals surface area contributed by atoms with Crippen molar-refractivity contribution in [2.75, 3.05) is 0 Å². The van der Waals surface area contributed by atoms with Crippen LogP contribution in [0.4, 0.5) is 4.79 Å². The van der Waals surface area contributed by atoms with E-state index in [0.29, 0.717) is 5.17 Å². The second-order valence-corrected chi connectivity index (χ2v) is 5.90. The zero-order valence-electron chi connectivity index (χ0n) is 10.6. The summed E-state index contributed by atoms with van der Waals surface area (Å²) in [5.41, 5.74) is 0. The van der Waals surface area contributed by atoms with E-state index >= 15 is 0 Å². The van der Waals surface area contributed by atoms with Crippen molar-refractivity contribution in [2.24, 2.45) is 4.99 Å². The van der Waals surface area contributed by atoms with Crippen LogP contribution in [0.25, 0.3) is 0 Å². The number of hydrogen-bond acceptors (Lipinski definition) is 3. The summed E-state index contributed by atoms with van der Waals surface area (Å²) < 4.78 is 0. The molecule has 100 valence electrons. The van der Waals surface area contributed by atoms with Gasteiger partial charge >= 0.3 is 6.03 Å². The number of amidine groups is 1. The third kappa shape index (κ3) is 3.48. The van der Waals surface area contributed by atoms with Gasteiger partial charge in [0.25, 0.3) is 0 Å². The molecule has 1 saturated carbocycles. The molecule has 18 heavy (non-hydrogen) atoms. The number of amides is 3. The Morgan fingerprint density at radius 1 is 1.44 bits per heavy atom. The molecule has 0 aromatic heterocycles. The molecule has 2 rings (SSSR count). The number of nitrogens with zero attached hydrogens (tertiary/aromatic N) is 1. The monoisotopic (exact) mass is 269 g/mol. The molecule has 1 heterocycles. The fourth-order valence-corrected chi connectivity index (χ4v) is 3.17. The minimum atomic E-state index is -0.332. The summed E-state index contributed by atoms with van der Waals surface area (Å²) in [6.45, 7) is 1.95. The minimum Gasteiger partial charge on any atom is -0.333 e. The molecule has 2 N–H and O–H groups in total. The molecule has 1 aliphatic carbocycles. The SMILES string of the molecule is CCC1S/C(=N\C(=O)NC2CCCCC2)NC1=O. The Morgan fingerprint density at radius 3 is 2.78 bits per heavy atom. The molecule has 0 radical (unpaired) electrons. The predicted molar refractivity (Wildman–Crippen MR) is 72.7 cm³/mol. The fourth-order valence-electron chi connectivity index (χ4n) is 2.27. The molecular formula is C12H19N3O2S. The first-order valence-electron chi connectivity index (χ1n) is 6.55. The van der Waals surface area contributed by atoms with Crippen molar-refractivity contribution < 1.29 is 9.59 Å². The molecule has 0 spiro atoms. The van der Waals surface area contributed by atoms with Crippen molar-refractivity contribution in [3.8, 4) is 0 Å². The normalized spacial score (nSPS) is 27.3. The van der Waals surface area contributed by atoms with Gasteiger partial charge in [-0.15, -0.1) is 0 Å². The molecule has 2 aliphatic rings. The maximum absolute atomic E-state index is 11.7. The summed E-state index contributed by atoms with van der Waals surface area (Å²) in [6.07, 6.45) is 6.42. The molecule has 2 fully saturated rings. The summed E-state index contributed by atoms with van der Waals surface area (Å²) in [5, 5.41) is 5.86. The zero-order chi connectivity index (χ0) is 13.0. The van der Waals surface area contributed by atoms with Crippen LogP contribution in [0, 0.1) is 0 Å². The Hall–Kier alpha value is -1.04. The van der Waals surface area contributed by atoms with Crippen LogP contribution < -0.4 is 10.6 Å². The highest BCUT2D eigenvalue weighted by Crippen LogP contribution is 2.22. The van der Waals surface area contributed by atoms with E-state index in [9.17, 15) is 9.59 Å².